The van der Waals surface area contributed by atoms with Gasteiger partial charge in [-0.05, 0) is 42.8 Å². The van der Waals surface area contributed by atoms with E-state index in [-0.39, 0.29) is 22.3 Å². The number of amides is 1. The predicted octanol–water partition coefficient (Wildman–Crippen LogP) is 3.21. The number of halogens is 1. The summed E-state index contributed by atoms with van der Waals surface area (Å²) in [6, 6.07) is 11.4. The third-order valence-electron chi connectivity index (χ3n) is 3.48. The number of rotatable bonds is 6. The van der Waals surface area contributed by atoms with Gasteiger partial charge in [-0.3, -0.25) is 9.52 Å². The molecule has 1 amide bonds. The maximum Gasteiger partial charge on any atom is 0.253 e. The monoisotopic (exact) mass is 382 g/mol. The van der Waals surface area contributed by atoms with Crippen LogP contribution in [0, 0.1) is 0 Å². The maximum atomic E-state index is 12.5. The molecule has 2 aromatic rings. The summed E-state index contributed by atoms with van der Waals surface area (Å²) in [5.41, 5.74) is 1.36. The van der Waals surface area contributed by atoms with Crippen molar-refractivity contribution in [2.75, 3.05) is 18.1 Å². The molecule has 1 atom stereocenters. The van der Waals surface area contributed by atoms with Crippen LogP contribution in [-0.4, -0.2) is 27.7 Å². The molecule has 0 aromatic heterocycles. The first-order valence-electron chi connectivity index (χ1n) is 7.42. The van der Waals surface area contributed by atoms with Gasteiger partial charge in [-0.2, -0.15) is 0 Å². The minimum absolute atomic E-state index is 0.190. The van der Waals surface area contributed by atoms with Crippen LogP contribution in [-0.2, 0) is 10.0 Å². The molecule has 0 radical (unpaired) electrons. The summed E-state index contributed by atoms with van der Waals surface area (Å²) in [6.45, 7) is 1.84. The van der Waals surface area contributed by atoms with E-state index in [1.165, 1.54) is 18.2 Å². The fraction of sp³-hybridized carbons (Fsp3) is 0.235. The molecule has 25 heavy (non-hydrogen) atoms. The fourth-order valence-electron chi connectivity index (χ4n) is 2.23. The average Bonchev–Trinajstić information content (AvgIpc) is 2.55. The Kier molecular flexibility index (Phi) is 5.92. The molecular weight excluding hydrogens is 364 g/mol. The molecule has 0 aliphatic carbocycles. The molecule has 6 nitrogen and oxygen atoms in total. The van der Waals surface area contributed by atoms with Crippen LogP contribution in [0.1, 0.15) is 28.9 Å². The SMILES string of the molecule is COc1ccc([C@H](C)NC(=O)c2cc(NS(C)(=O)=O)ccc2Cl)cc1. The van der Waals surface area contributed by atoms with Gasteiger partial charge in [0.15, 0.2) is 0 Å². The molecule has 0 unspecified atom stereocenters. The van der Waals surface area contributed by atoms with Crippen molar-refractivity contribution in [1.82, 2.24) is 5.32 Å². The normalized spacial score (nSPS) is 12.3. The van der Waals surface area contributed by atoms with Crippen molar-refractivity contribution < 1.29 is 17.9 Å². The van der Waals surface area contributed by atoms with E-state index in [0.29, 0.717) is 0 Å². The molecule has 0 spiro atoms. The Bertz CT molecular complexity index is 867. The summed E-state index contributed by atoms with van der Waals surface area (Å²) in [4.78, 5) is 12.5. The number of carbonyl (C=O) groups is 1. The molecule has 0 bridgehead atoms. The fourth-order valence-corrected chi connectivity index (χ4v) is 2.99. The first-order valence-corrected chi connectivity index (χ1v) is 9.68. The summed E-state index contributed by atoms with van der Waals surface area (Å²) in [6.07, 6.45) is 1.03. The van der Waals surface area contributed by atoms with Crippen LogP contribution in [0.4, 0.5) is 5.69 Å². The highest BCUT2D eigenvalue weighted by Gasteiger charge is 2.16. The smallest absolute Gasteiger partial charge is 0.253 e. The van der Waals surface area contributed by atoms with Crippen molar-refractivity contribution >= 4 is 33.2 Å². The van der Waals surface area contributed by atoms with Gasteiger partial charge in [0, 0.05) is 5.69 Å². The van der Waals surface area contributed by atoms with Gasteiger partial charge >= 0.3 is 0 Å². The van der Waals surface area contributed by atoms with Gasteiger partial charge in [-0.15, -0.1) is 0 Å². The molecule has 0 heterocycles. The Hall–Kier alpha value is -2.25. The van der Waals surface area contributed by atoms with Crippen molar-refractivity contribution in [2.24, 2.45) is 0 Å². The van der Waals surface area contributed by atoms with Crippen molar-refractivity contribution in [3.8, 4) is 5.75 Å². The van der Waals surface area contributed by atoms with Gasteiger partial charge in [0.25, 0.3) is 5.91 Å². The highest BCUT2D eigenvalue weighted by Crippen LogP contribution is 2.23. The third-order valence-corrected chi connectivity index (χ3v) is 4.41. The number of methoxy groups -OCH3 is 1. The van der Waals surface area contributed by atoms with Crippen molar-refractivity contribution in [3.63, 3.8) is 0 Å². The number of hydrogen-bond donors (Lipinski definition) is 2. The van der Waals surface area contributed by atoms with Gasteiger partial charge in [-0.1, -0.05) is 23.7 Å². The molecule has 0 aliphatic heterocycles. The second-order valence-corrected chi connectivity index (χ2v) is 7.69. The summed E-state index contributed by atoms with van der Waals surface area (Å²) >= 11 is 6.08. The van der Waals surface area contributed by atoms with E-state index in [9.17, 15) is 13.2 Å². The Morgan fingerprint density at radius 3 is 2.36 bits per heavy atom. The molecule has 0 fully saturated rings. The van der Waals surface area contributed by atoms with Crippen LogP contribution in [0.3, 0.4) is 0 Å². The van der Waals surface area contributed by atoms with Gasteiger partial charge in [0.2, 0.25) is 10.0 Å². The molecule has 2 aromatic carbocycles. The minimum atomic E-state index is -3.44. The van der Waals surface area contributed by atoms with E-state index < -0.39 is 15.9 Å². The quantitative estimate of drug-likeness (QED) is 0.803. The van der Waals surface area contributed by atoms with Crippen LogP contribution >= 0.6 is 11.6 Å². The number of benzene rings is 2. The number of anilines is 1. The van der Waals surface area contributed by atoms with Crippen LogP contribution in [0.25, 0.3) is 0 Å². The van der Waals surface area contributed by atoms with E-state index in [4.69, 9.17) is 16.3 Å². The van der Waals surface area contributed by atoms with Crippen molar-refractivity contribution in [1.29, 1.82) is 0 Å². The third kappa shape index (κ3) is 5.37. The van der Waals surface area contributed by atoms with Crippen molar-refractivity contribution in [3.05, 3.63) is 58.6 Å². The Balaban J connectivity index is 2.17. The molecule has 0 aliphatic rings. The molecule has 2 rings (SSSR count). The topological polar surface area (TPSA) is 84.5 Å². The number of ether oxygens (including phenoxy) is 1. The molecular formula is C17H19ClN2O4S. The van der Waals surface area contributed by atoms with Crippen LogP contribution in [0.2, 0.25) is 5.02 Å². The van der Waals surface area contributed by atoms with Crippen molar-refractivity contribution in [2.45, 2.75) is 13.0 Å². The number of nitrogens with one attached hydrogen (secondary N) is 2. The summed E-state index contributed by atoms with van der Waals surface area (Å²) in [7, 11) is -1.86. The molecule has 8 heteroatoms. The van der Waals surface area contributed by atoms with E-state index in [1.54, 1.807) is 7.11 Å². The highest BCUT2D eigenvalue weighted by atomic mass is 35.5. The molecule has 0 saturated carbocycles. The molecule has 0 saturated heterocycles. The Labute approximate surface area is 152 Å². The lowest BCUT2D eigenvalue weighted by Gasteiger charge is -2.16. The Morgan fingerprint density at radius 1 is 1.16 bits per heavy atom. The van der Waals surface area contributed by atoms with Gasteiger partial charge in [-0.25, -0.2) is 8.42 Å². The summed E-state index contributed by atoms with van der Waals surface area (Å²) in [5, 5.41) is 3.07. The maximum absolute atomic E-state index is 12.5. The van der Waals surface area contributed by atoms with Crippen LogP contribution < -0.4 is 14.8 Å². The lowest BCUT2D eigenvalue weighted by atomic mass is 10.1. The zero-order chi connectivity index (χ0) is 18.6. The predicted molar refractivity (Wildman–Crippen MR) is 98.8 cm³/mol. The van der Waals surface area contributed by atoms with Gasteiger partial charge in [0.1, 0.15) is 5.75 Å². The van der Waals surface area contributed by atoms with E-state index in [1.807, 2.05) is 31.2 Å². The zero-order valence-electron chi connectivity index (χ0n) is 14.0. The van der Waals surface area contributed by atoms with Crippen LogP contribution in [0.5, 0.6) is 5.75 Å². The average molecular weight is 383 g/mol. The first-order chi connectivity index (χ1) is 11.7. The number of sulfonamides is 1. The summed E-state index contributed by atoms with van der Waals surface area (Å²) in [5.74, 6) is 0.329. The van der Waals surface area contributed by atoms with E-state index in [0.717, 1.165) is 17.6 Å². The Morgan fingerprint density at radius 2 is 1.80 bits per heavy atom. The zero-order valence-corrected chi connectivity index (χ0v) is 15.6. The second-order valence-electron chi connectivity index (χ2n) is 5.54. The number of hydrogen-bond acceptors (Lipinski definition) is 4. The van der Waals surface area contributed by atoms with Gasteiger partial charge < -0.3 is 10.1 Å². The molecule has 2 N–H and O–H groups in total. The second kappa shape index (κ2) is 7.76. The lowest BCUT2D eigenvalue weighted by Crippen LogP contribution is -2.27. The van der Waals surface area contributed by atoms with Gasteiger partial charge in [0.05, 0.1) is 30.0 Å². The largest absolute Gasteiger partial charge is 0.497 e. The summed E-state index contributed by atoms with van der Waals surface area (Å²) < 4.78 is 30.1. The molecule has 134 valence electrons. The lowest BCUT2D eigenvalue weighted by molar-refractivity contribution is 0.0940. The standard InChI is InChI=1S/C17H19ClN2O4S/c1-11(12-4-7-14(24-2)8-5-12)19-17(21)15-10-13(6-9-16(15)18)20-25(3,22)23/h4-11,20H,1-3H3,(H,19,21)/t11-/m0/s1. The highest BCUT2D eigenvalue weighted by molar-refractivity contribution is 7.92. The van der Waals surface area contributed by atoms with E-state index >= 15 is 0 Å². The first kappa shape index (κ1) is 19.1. The minimum Gasteiger partial charge on any atom is -0.497 e. The van der Waals surface area contributed by atoms with E-state index in [2.05, 4.69) is 10.0 Å². The van der Waals surface area contributed by atoms with Crippen LogP contribution in [0.15, 0.2) is 42.5 Å². The number of carbonyl (C=O) groups excluding carboxylic acids is 1.